The van der Waals surface area contributed by atoms with Crippen molar-refractivity contribution in [2.24, 2.45) is 0 Å². The second kappa shape index (κ2) is 7.04. The van der Waals surface area contributed by atoms with E-state index >= 15 is 0 Å². The molecule has 130 valence electrons. The van der Waals surface area contributed by atoms with E-state index < -0.39 is 6.10 Å². The van der Waals surface area contributed by atoms with E-state index in [9.17, 15) is 4.79 Å². The van der Waals surface area contributed by atoms with Crippen molar-refractivity contribution in [1.82, 2.24) is 4.90 Å². The van der Waals surface area contributed by atoms with E-state index in [4.69, 9.17) is 4.74 Å². The minimum Gasteiger partial charge on any atom is -0.480 e. The molecule has 2 aliphatic heterocycles. The van der Waals surface area contributed by atoms with Crippen molar-refractivity contribution in [3.8, 4) is 5.75 Å². The van der Waals surface area contributed by atoms with Crippen LogP contribution in [0.5, 0.6) is 5.75 Å². The number of rotatable bonds is 2. The lowest BCUT2D eigenvalue weighted by Crippen LogP contribution is -2.49. The summed E-state index contributed by atoms with van der Waals surface area (Å²) in [6.07, 6.45) is 0.235. The predicted molar refractivity (Wildman–Crippen MR) is 105 cm³/mol. The van der Waals surface area contributed by atoms with Gasteiger partial charge in [0.25, 0.3) is 5.91 Å². The van der Waals surface area contributed by atoms with Gasteiger partial charge in [-0.1, -0.05) is 53.2 Å². The predicted octanol–water partition coefficient (Wildman–Crippen LogP) is 4.46. The van der Waals surface area contributed by atoms with E-state index in [1.165, 1.54) is 5.56 Å². The summed E-state index contributed by atoms with van der Waals surface area (Å²) in [5, 5.41) is 0.373. The van der Waals surface area contributed by atoms with Crippen molar-refractivity contribution in [2.45, 2.75) is 30.7 Å². The number of fused-ring (bicyclic) bond motifs is 1. The summed E-state index contributed by atoms with van der Waals surface area (Å²) >= 11 is 5.43. The fourth-order valence-corrected chi connectivity index (χ4v) is 5.28. The molecule has 0 aliphatic carbocycles. The minimum atomic E-state index is -0.411. The Morgan fingerprint density at radius 2 is 2.04 bits per heavy atom. The maximum absolute atomic E-state index is 13.3. The van der Waals surface area contributed by atoms with Gasteiger partial charge in [0.15, 0.2) is 6.10 Å². The first-order valence-electron chi connectivity index (χ1n) is 8.55. The smallest absolute Gasteiger partial charge is 0.264 e. The van der Waals surface area contributed by atoms with Crippen molar-refractivity contribution in [3.05, 3.63) is 64.1 Å². The summed E-state index contributed by atoms with van der Waals surface area (Å²) in [6, 6.07) is 16.4. The number of amides is 1. The lowest BCUT2D eigenvalue weighted by Gasteiger charge is -2.40. The van der Waals surface area contributed by atoms with Crippen LogP contribution >= 0.6 is 27.7 Å². The average molecular weight is 418 g/mol. The number of halogens is 1. The molecule has 25 heavy (non-hydrogen) atoms. The van der Waals surface area contributed by atoms with Crippen LogP contribution in [0.3, 0.4) is 0 Å². The van der Waals surface area contributed by atoms with Gasteiger partial charge >= 0.3 is 0 Å². The number of benzene rings is 2. The van der Waals surface area contributed by atoms with Gasteiger partial charge in [0.05, 0.1) is 6.04 Å². The third-order valence-corrected chi connectivity index (χ3v) is 6.59. The third-order valence-electron chi connectivity index (χ3n) is 4.89. The summed E-state index contributed by atoms with van der Waals surface area (Å²) in [5.74, 6) is 1.91. The average Bonchev–Trinajstić information content (AvgIpc) is 3.04. The summed E-state index contributed by atoms with van der Waals surface area (Å²) in [4.78, 5) is 15.3. The van der Waals surface area contributed by atoms with Crippen molar-refractivity contribution in [2.75, 3.05) is 12.3 Å². The van der Waals surface area contributed by atoms with E-state index in [0.29, 0.717) is 11.7 Å². The summed E-state index contributed by atoms with van der Waals surface area (Å²) in [5.41, 5.74) is 2.30. The zero-order valence-corrected chi connectivity index (χ0v) is 16.4. The topological polar surface area (TPSA) is 29.5 Å². The van der Waals surface area contributed by atoms with Crippen LogP contribution in [0.1, 0.15) is 24.1 Å². The molecule has 0 bridgehead atoms. The molecule has 0 aromatic heterocycles. The number of ether oxygens (including phenoxy) is 1. The van der Waals surface area contributed by atoms with Gasteiger partial charge in [0.2, 0.25) is 0 Å². The monoisotopic (exact) mass is 417 g/mol. The van der Waals surface area contributed by atoms with Crippen molar-refractivity contribution < 1.29 is 9.53 Å². The lowest BCUT2D eigenvalue weighted by atomic mass is 10.0. The molecule has 2 heterocycles. The highest BCUT2D eigenvalue weighted by molar-refractivity contribution is 9.10. The molecule has 3 unspecified atom stereocenters. The molecule has 4 rings (SSSR count). The highest BCUT2D eigenvalue weighted by atomic mass is 79.9. The van der Waals surface area contributed by atoms with Crippen LogP contribution in [-0.4, -0.2) is 34.5 Å². The Balaban J connectivity index is 1.58. The molecule has 3 atom stereocenters. The molecule has 2 aromatic carbocycles. The molecule has 0 radical (unpaired) electrons. The molecule has 1 amide bonds. The first-order chi connectivity index (χ1) is 12.1. The largest absolute Gasteiger partial charge is 0.480 e. The van der Waals surface area contributed by atoms with Gasteiger partial charge in [-0.3, -0.25) is 4.79 Å². The summed E-state index contributed by atoms with van der Waals surface area (Å²) in [7, 11) is 0. The molecule has 2 aromatic rings. The number of thioether (sulfide) groups is 1. The van der Waals surface area contributed by atoms with Crippen molar-refractivity contribution in [3.63, 3.8) is 0 Å². The number of carbonyl (C=O) groups excluding carboxylic acids is 1. The van der Waals surface area contributed by atoms with E-state index in [1.54, 1.807) is 0 Å². The van der Waals surface area contributed by atoms with E-state index in [1.807, 2.05) is 53.1 Å². The third kappa shape index (κ3) is 3.32. The van der Waals surface area contributed by atoms with Gasteiger partial charge in [-0.05, 0) is 29.3 Å². The van der Waals surface area contributed by atoms with E-state index in [-0.39, 0.29) is 11.9 Å². The minimum absolute atomic E-state index is 0.103. The molecule has 0 saturated carbocycles. The lowest BCUT2D eigenvalue weighted by molar-refractivity contribution is -0.140. The van der Waals surface area contributed by atoms with Gasteiger partial charge in [-0.25, -0.2) is 0 Å². The highest BCUT2D eigenvalue weighted by Gasteiger charge is 2.39. The molecule has 1 saturated heterocycles. The second-order valence-corrected chi connectivity index (χ2v) is 8.93. The normalized spacial score (nSPS) is 25.4. The zero-order chi connectivity index (χ0) is 17.4. The van der Waals surface area contributed by atoms with E-state index in [2.05, 4.69) is 35.0 Å². The Labute approximate surface area is 160 Å². The molecule has 2 aliphatic rings. The number of hydrogen-bond donors (Lipinski definition) is 0. The zero-order valence-electron chi connectivity index (χ0n) is 14.0. The van der Waals surface area contributed by atoms with Crippen LogP contribution in [0.15, 0.2) is 53.0 Å². The molecule has 3 nitrogen and oxygen atoms in total. The molecular weight excluding hydrogens is 398 g/mol. The van der Waals surface area contributed by atoms with Crippen molar-refractivity contribution in [1.29, 1.82) is 0 Å². The van der Waals surface area contributed by atoms with Crippen LogP contribution in [-0.2, 0) is 11.2 Å². The fraction of sp³-hybridized carbons (Fsp3) is 0.350. The first-order valence-corrected chi connectivity index (χ1v) is 10.4. The quantitative estimate of drug-likeness (QED) is 0.722. The van der Waals surface area contributed by atoms with Crippen LogP contribution in [0.25, 0.3) is 0 Å². The second-order valence-electron chi connectivity index (χ2n) is 6.53. The highest BCUT2D eigenvalue weighted by Crippen LogP contribution is 2.38. The SMILES string of the molecule is CC1SCCN(C(=O)C2Cc3cc(Br)ccc3O2)C1c1ccccc1. The number of hydrogen-bond acceptors (Lipinski definition) is 3. The standard InChI is InChI=1S/C20H20BrNO2S/c1-13-19(14-5-3-2-4-6-14)22(9-10-25-13)20(23)18-12-15-11-16(21)7-8-17(15)24-18/h2-8,11,13,18-19H,9-10,12H2,1H3. The van der Waals surface area contributed by atoms with Crippen molar-refractivity contribution >= 4 is 33.6 Å². The summed E-state index contributed by atoms with van der Waals surface area (Å²) in [6.45, 7) is 2.98. The molecule has 0 N–H and O–H groups in total. The van der Waals surface area contributed by atoms with Crippen LogP contribution in [0, 0.1) is 0 Å². The first kappa shape index (κ1) is 17.0. The Morgan fingerprint density at radius 1 is 1.24 bits per heavy atom. The molecule has 5 heteroatoms. The van der Waals surface area contributed by atoms with E-state index in [0.717, 1.165) is 28.1 Å². The maximum atomic E-state index is 13.3. The van der Waals surface area contributed by atoms with Crippen LogP contribution < -0.4 is 4.74 Å². The maximum Gasteiger partial charge on any atom is 0.264 e. The van der Waals surface area contributed by atoms with Gasteiger partial charge in [-0.15, -0.1) is 0 Å². The van der Waals surface area contributed by atoms with Crippen LogP contribution in [0.4, 0.5) is 0 Å². The van der Waals surface area contributed by atoms with Crippen LogP contribution in [0.2, 0.25) is 0 Å². The summed E-state index contributed by atoms with van der Waals surface area (Å²) < 4.78 is 7.00. The Kier molecular flexibility index (Phi) is 4.78. The Bertz CT molecular complexity index is 783. The number of carbonyl (C=O) groups is 1. The molecule has 0 spiro atoms. The molecular formula is C20H20BrNO2S. The van der Waals surface area contributed by atoms with Gasteiger partial charge < -0.3 is 9.64 Å². The Morgan fingerprint density at radius 3 is 2.84 bits per heavy atom. The Hall–Kier alpha value is -1.46. The van der Waals surface area contributed by atoms with Gasteiger partial charge in [0.1, 0.15) is 5.75 Å². The van der Waals surface area contributed by atoms with Gasteiger partial charge in [0, 0.05) is 28.4 Å². The molecule has 1 fully saturated rings. The van der Waals surface area contributed by atoms with Gasteiger partial charge in [-0.2, -0.15) is 11.8 Å². The number of nitrogens with zero attached hydrogens (tertiary/aromatic N) is 1. The fourth-order valence-electron chi connectivity index (χ4n) is 3.71.